The Bertz CT molecular complexity index is 605. The summed E-state index contributed by atoms with van der Waals surface area (Å²) in [5, 5.41) is 0.241. The van der Waals surface area contributed by atoms with E-state index >= 15 is 0 Å². The van der Waals surface area contributed by atoms with Crippen LogP contribution in [0.25, 0.3) is 0 Å². The highest BCUT2D eigenvalue weighted by Crippen LogP contribution is 2.24. The molecule has 0 amide bonds. The lowest BCUT2D eigenvalue weighted by molar-refractivity contribution is 0.262. The summed E-state index contributed by atoms with van der Waals surface area (Å²) < 4.78 is 27.3. The van der Waals surface area contributed by atoms with Crippen LogP contribution in [0.15, 0.2) is 17.2 Å². The first kappa shape index (κ1) is 20.6. The van der Waals surface area contributed by atoms with Gasteiger partial charge in [-0.2, -0.15) is 4.31 Å². The zero-order chi connectivity index (χ0) is 17.6. The fourth-order valence-electron chi connectivity index (χ4n) is 2.20. The van der Waals surface area contributed by atoms with Gasteiger partial charge in [0.1, 0.15) is 10.0 Å². The molecule has 1 aromatic heterocycles. The van der Waals surface area contributed by atoms with E-state index in [-0.39, 0.29) is 21.0 Å². The van der Waals surface area contributed by atoms with E-state index in [4.69, 9.17) is 23.2 Å². The van der Waals surface area contributed by atoms with E-state index in [0.717, 1.165) is 13.1 Å². The van der Waals surface area contributed by atoms with E-state index in [2.05, 4.69) is 23.7 Å². The first-order valence-corrected chi connectivity index (χ1v) is 9.95. The maximum atomic E-state index is 12.9. The van der Waals surface area contributed by atoms with E-state index in [1.807, 2.05) is 13.8 Å². The van der Waals surface area contributed by atoms with Crippen LogP contribution in [0.5, 0.6) is 0 Å². The Morgan fingerprint density at radius 2 is 1.78 bits per heavy atom. The van der Waals surface area contributed by atoms with Gasteiger partial charge in [-0.3, -0.25) is 0 Å². The Hall–Kier alpha value is -0.400. The summed E-state index contributed by atoms with van der Waals surface area (Å²) in [7, 11) is -3.65. The normalized spacial score (nSPS) is 12.6. The quantitative estimate of drug-likeness (QED) is 0.615. The second-order valence-corrected chi connectivity index (χ2v) is 8.43. The maximum absolute atomic E-state index is 12.9. The number of rotatable bonds is 9. The molecule has 0 aliphatic carbocycles. The van der Waals surface area contributed by atoms with Crippen molar-refractivity contribution in [3.63, 3.8) is 0 Å². The Labute approximate surface area is 149 Å². The van der Waals surface area contributed by atoms with Gasteiger partial charge in [0.05, 0.1) is 5.02 Å². The highest BCUT2D eigenvalue weighted by molar-refractivity contribution is 7.89. The molecule has 0 unspecified atom stereocenters. The van der Waals surface area contributed by atoms with Crippen molar-refractivity contribution >= 4 is 33.2 Å². The molecule has 5 nitrogen and oxygen atoms in total. The van der Waals surface area contributed by atoms with E-state index in [1.54, 1.807) is 0 Å². The summed E-state index contributed by atoms with van der Waals surface area (Å²) in [6.07, 6.45) is 1.26. The van der Waals surface area contributed by atoms with Crippen molar-refractivity contribution in [2.75, 3.05) is 32.7 Å². The summed E-state index contributed by atoms with van der Waals surface area (Å²) in [6, 6.07) is 1.36. The smallest absolute Gasteiger partial charge is 0.244 e. The third-order valence-electron chi connectivity index (χ3n) is 3.54. The van der Waals surface area contributed by atoms with Gasteiger partial charge < -0.3 is 4.90 Å². The molecule has 0 N–H and O–H groups in total. The van der Waals surface area contributed by atoms with Crippen LogP contribution in [0.3, 0.4) is 0 Å². The zero-order valence-electron chi connectivity index (χ0n) is 14.1. The van der Waals surface area contributed by atoms with Crippen molar-refractivity contribution in [2.45, 2.75) is 32.6 Å². The van der Waals surface area contributed by atoms with Crippen molar-refractivity contribution in [3.05, 3.63) is 22.4 Å². The van der Waals surface area contributed by atoms with Crippen LogP contribution in [0.4, 0.5) is 0 Å². The Balaban J connectivity index is 3.05. The molecule has 0 saturated heterocycles. The monoisotopic (exact) mass is 381 g/mol. The molecule has 8 heteroatoms. The molecule has 0 aromatic carbocycles. The van der Waals surface area contributed by atoms with Crippen LogP contribution in [0, 0.1) is 5.92 Å². The minimum atomic E-state index is -3.65. The largest absolute Gasteiger partial charge is 0.303 e. The van der Waals surface area contributed by atoms with Crippen LogP contribution in [0.2, 0.25) is 10.2 Å². The van der Waals surface area contributed by atoms with Crippen molar-refractivity contribution in [1.82, 2.24) is 14.2 Å². The number of hydrogen-bond donors (Lipinski definition) is 0. The van der Waals surface area contributed by atoms with Gasteiger partial charge in [0.25, 0.3) is 0 Å². The second-order valence-electron chi connectivity index (χ2n) is 5.73. The number of likely N-dealkylation sites (N-methyl/N-ethyl adjacent to an activating group) is 1. The van der Waals surface area contributed by atoms with Crippen molar-refractivity contribution in [1.29, 1.82) is 0 Å². The minimum absolute atomic E-state index is 0.0760. The Kier molecular flexibility index (Phi) is 8.24. The summed E-state index contributed by atoms with van der Waals surface area (Å²) in [6.45, 7) is 11.5. The third-order valence-corrected chi connectivity index (χ3v) is 6.05. The number of sulfonamides is 1. The third kappa shape index (κ3) is 5.87. The lowest BCUT2D eigenvalue weighted by Gasteiger charge is -2.27. The molecule has 132 valence electrons. The van der Waals surface area contributed by atoms with Gasteiger partial charge in [0.2, 0.25) is 10.0 Å². The van der Waals surface area contributed by atoms with E-state index in [9.17, 15) is 8.42 Å². The van der Waals surface area contributed by atoms with Crippen LogP contribution in [-0.2, 0) is 10.0 Å². The fourth-order valence-corrected chi connectivity index (χ4v) is 4.11. The lowest BCUT2D eigenvalue weighted by Crippen LogP contribution is -2.40. The predicted molar refractivity (Wildman–Crippen MR) is 95.6 cm³/mol. The van der Waals surface area contributed by atoms with Crippen molar-refractivity contribution in [3.8, 4) is 0 Å². The SMILES string of the molecule is CCN(CC)CCN(CC(C)C)S(=O)(=O)c1cnc(Cl)c(Cl)c1. The van der Waals surface area contributed by atoms with Crippen LogP contribution < -0.4 is 0 Å². The number of halogens is 2. The zero-order valence-corrected chi connectivity index (χ0v) is 16.4. The molecule has 1 aromatic rings. The molecule has 0 aliphatic heterocycles. The Morgan fingerprint density at radius 1 is 1.17 bits per heavy atom. The van der Waals surface area contributed by atoms with E-state index in [1.165, 1.54) is 16.6 Å². The second kappa shape index (κ2) is 9.18. The number of nitrogens with zero attached hydrogens (tertiary/aromatic N) is 3. The van der Waals surface area contributed by atoms with Gasteiger partial charge in [-0.15, -0.1) is 0 Å². The Morgan fingerprint density at radius 3 is 2.26 bits per heavy atom. The fraction of sp³-hybridized carbons (Fsp3) is 0.667. The highest BCUT2D eigenvalue weighted by Gasteiger charge is 2.26. The summed E-state index contributed by atoms with van der Waals surface area (Å²) >= 11 is 11.7. The van der Waals surface area contributed by atoms with E-state index in [0.29, 0.717) is 19.6 Å². The molecule has 0 saturated carbocycles. The number of pyridine rings is 1. The molecular formula is C15H25Cl2N3O2S. The van der Waals surface area contributed by atoms with Gasteiger partial charge in [-0.05, 0) is 25.1 Å². The molecular weight excluding hydrogens is 357 g/mol. The van der Waals surface area contributed by atoms with Crippen LogP contribution in [0.1, 0.15) is 27.7 Å². The van der Waals surface area contributed by atoms with Gasteiger partial charge in [-0.25, -0.2) is 13.4 Å². The molecule has 0 spiro atoms. The van der Waals surface area contributed by atoms with Gasteiger partial charge in [0, 0.05) is 25.8 Å². The maximum Gasteiger partial charge on any atom is 0.244 e. The topological polar surface area (TPSA) is 53.5 Å². The molecule has 23 heavy (non-hydrogen) atoms. The predicted octanol–water partition coefficient (Wildman–Crippen LogP) is 3.38. The molecule has 0 atom stereocenters. The van der Waals surface area contributed by atoms with Crippen molar-refractivity contribution in [2.24, 2.45) is 5.92 Å². The molecule has 1 heterocycles. The number of hydrogen-bond acceptors (Lipinski definition) is 4. The summed E-state index contributed by atoms with van der Waals surface area (Å²) in [5.41, 5.74) is 0. The first-order chi connectivity index (χ1) is 10.7. The van der Waals surface area contributed by atoms with Gasteiger partial charge in [-0.1, -0.05) is 50.9 Å². The lowest BCUT2D eigenvalue weighted by atomic mass is 10.2. The van der Waals surface area contributed by atoms with Gasteiger partial charge >= 0.3 is 0 Å². The van der Waals surface area contributed by atoms with Crippen LogP contribution >= 0.6 is 23.2 Å². The first-order valence-electron chi connectivity index (χ1n) is 7.75. The highest BCUT2D eigenvalue weighted by atomic mass is 35.5. The molecule has 0 radical (unpaired) electrons. The standard InChI is InChI=1S/C15H25Cl2N3O2S/c1-5-19(6-2)7-8-20(11-12(3)4)23(21,22)13-9-14(16)15(17)18-10-13/h9-10,12H,5-8,11H2,1-4H3. The molecule has 0 fully saturated rings. The average molecular weight is 382 g/mol. The molecule has 0 bridgehead atoms. The minimum Gasteiger partial charge on any atom is -0.303 e. The van der Waals surface area contributed by atoms with E-state index < -0.39 is 10.0 Å². The molecule has 0 aliphatic rings. The van der Waals surface area contributed by atoms with Crippen LogP contribution in [-0.4, -0.2) is 55.3 Å². The number of aromatic nitrogens is 1. The van der Waals surface area contributed by atoms with Gasteiger partial charge in [0.15, 0.2) is 0 Å². The van der Waals surface area contributed by atoms with Crippen molar-refractivity contribution < 1.29 is 8.42 Å². The average Bonchev–Trinajstić information content (AvgIpc) is 2.49. The summed E-state index contributed by atoms with van der Waals surface area (Å²) in [5.74, 6) is 0.220. The molecule has 1 rings (SSSR count). The summed E-state index contributed by atoms with van der Waals surface area (Å²) in [4.78, 5) is 6.12.